The Labute approximate surface area is 94.8 Å². The van der Waals surface area contributed by atoms with E-state index in [4.69, 9.17) is 0 Å². The number of hydrogen-bond donors (Lipinski definition) is 1. The van der Waals surface area contributed by atoms with Gasteiger partial charge in [0.25, 0.3) is 0 Å². The Bertz CT molecular complexity index is 181. The van der Waals surface area contributed by atoms with Crippen molar-refractivity contribution in [3.63, 3.8) is 0 Å². The molecule has 0 aliphatic rings. The van der Waals surface area contributed by atoms with Crippen LogP contribution in [-0.4, -0.2) is 18.4 Å². The topological polar surface area (TPSA) is 29.1 Å². The quantitative estimate of drug-likeness (QED) is 0.671. The van der Waals surface area contributed by atoms with Crippen LogP contribution in [0.1, 0.15) is 60.3 Å². The maximum Gasteiger partial charge on any atom is 0.152 e. The van der Waals surface area contributed by atoms with Crippen LogP contribution in [0, 0.1) is 5.41 Å². The second kappa shape index (κ2) is 7.00. The summed E-state index contributed by atoms with van der Waals surface area (Å²) in [5, 5.41) is 3.34. The van der Waals surface area contributed by atoms with E-state index in [1.54, 1.807) is 0 Å². The van der Waals surface area contributed by atoms with Crippen LogP contribution < -0.4 is 5.32 Å². The molecule has 2 nitrogen and oxygen atoms in total. The third-order valence-corrected chi connectivity index (χ3v) is 3.77. The fraction of sp³-hybridized carbons (Fsp3) is 0.923. The summed E-state index contributed by atoms with van der Waals surface area (Å²) >= 11 is 0. The summed E-state index contributed by atoms with van der Waals surface area (Å²) in [7, 11) is 0. The first-order valence-electron chi connectivity index (χ1n) is 6.30. The molecule has 0 heterocycles. The lowest BCUT2D eigenvalue weighted by Crippen LogP contribution is -2.39. The Morgan fingerprint density at radius 3 is 1.93 bits per heavy atom. The minimum absolute atomic E-state index is 0.126. The van der Waals surface area contributed by atoms with Gasteiger partial charge in [-0.05, 0) is 25.7 Å². The molecule has 0 bridgehead atoms. The Morgan fingerprint density at radius 2 is 1.60 bits per heavy atom. The van der Waals surface area contributed by atoms with Crippen molar-refractivity contribution in [1.82, 2.24) is 5.32 Å². The lowest BCUT2D eigenvalue weighted by atomic mass is 9.80. The van der Waals surface area contributed by atoms with Crippen molar-refractivity contribution in [1.29, 1.82) is 0 Å². The van der Waals surface area contributed by atoms with E-state index in [-0.39, 0.29) is 5.41 Å². The largest absolute Gasteiger partial charge is 0.307 e. The van der Waals surface area contributed by atoms with Crippen LogP contribution in [0.15, 0.2) is 0 Å². The predicted molar refractivity (Wildman–Crippen MR) is 66.1 cm³/mol. The van der Waals surface area contributed by atoms with E-state index < -0.39 is 0 Å². The van der Waals surface area contributed by atoms with E-state index in [2.05, 4.69) is 39.9 Å². The molecule has 0 rings (SSSR count). The molecule has 0 atom stereocenters. The lowest BCUT2D eigenvalue weighted by molar-refractivity contribution is -0.127. The molecule has 0 radical (unpaired) electrons. The van der Waals surface area contributed by atoms with Crippen molar-refractivity contribution in [2.45, 2.75) is 66.3 Å². The molecule has 0 saturated carbocycles. The smallest absolute Gasteiger partial charge is 0.152 e. The molecule has 90 valence electrons. The monoisotopic (exact) mass is 213 g/mol. The molecular formula is C13H27NO. The normalized spacial score (nSPS) is 12.1. The summed E-state index contributed by atoms with van der Waals surface area (Å²) < 4.78 is 0. The van der Waals surface area contributed by atoms with Gasteiger partial charge in [0.15, 0.2) is 5.78 Å². The van der Waals surface area contributed by atoms with Gasteiger partial charge in [-0.1, -0.05) is 34.6 Å². The maximum atomic E-state index is 12.0. The van der Waals surface area contributed by atoms with E-state index >= 15 is 0 Å². The van der Waals surface area contributed by atoms with Crippen molar-refractivity contribution in [2.24, 2.45) is 5.41 Å². The van der Waals surface area contributed by atoms with Gasteiger partial charge in [0.05, 0.1) is 6.54 Å². The molecule has 0 aromatic carbocycles. The molecular weight excluding hydrogens is 186 g/mol. The third kappa shape index (κ3) is 4.33. The highest BCUT2D eigenvalue weighted by molar-refractivity contribution is 5.86. The van der Waals surface area contributed by atoms with Crippen molar-refractivity contribution < 1.29 is 4.79 Å². The van der Waals surface area contributed by atoms with Crippen LogP contribution in [0.4, 0.5) is 0 Å². The number of carbonyl (C=O) groups is 1. The van der Waals surface area contributed by atoms with Crippen LogP contribution in [0.5, 0.6) is 0 Å². The molecule has 0 amide bonds. The van der Waals surface area contributed by atoms with Crippen molar-refractivity contribution >= 4 is 5.78 Å². The van der Waals surface area contributed by atoms with Gasteiger partial charge >= 0.3 is 0 Å². The number of carbonyl (C=O) groups excluding carboxylic acids is 1. The van der Waals surface area contributed by atoms with Gasteiger partial charge < -0.3 is 5.32 Å². The summed E-state index contributed by atoms with van der Waals surface area (Å²) in [6, 6.07) is 0.493. The Hall–Kier alpha value is -0.370. The van der Waals surface area contributed by atoms with E-state index in [9.17, 15) is 4.79 Å². The SMILES string of the molecule is CCC(CC)NCC(=O)C(C)(CC)CC. The van der Waals surface area contributed by atoms with Gasteiger partial charge in [0, 0.05) is 11.5 Å². The fourth-order valence-electron chi connectivity index (χ4n) is 1.67. The molecule has 0 saturated heterocycles. The second-order valence-corrected chi connectivity index (χ2v) is 4.59. The lowest BCUT2D eigenvalue weighted by Gasteiger charge is -2.26. The van der Waals surface area contributed by atoms with E-state index in [0.29, 0.717) is 18.4 Å². The third-order valence-electron chi connectivity index (χ3n) is 3.77. The standard InChI is InChI=1S/C13H27NO/c1-6-11(7-2)14-10-12(15)13(5,8-3)9-4/h11,14H,6-10H2,1-5H3. The summed E-state index contributed by atoms with van der Waals surface area (Å²) in [5.74, 6) is 0.361. The first-order valence-corrected chi connectivity index (χ1v) is 6.30. The number of hydrogen-bond acceptors (Lipinski definition) is 2. The van der Waals surface area contributed by atoms with E-state index in [0.717, 1.165) is 25.7 Å². The first kappa shape index (κ1) is 14.6. The molecule has 0 fully saturated rings. The number of Topliss-reactive ketones (excluding diaryl/α,β-unsaturated/α-hetero) is 1. The summed E-state index contributed by atoms with van der Waals surface area (Å²) in [4.78, 5) is 12.0. The number of rotatable bonds is 8. The molecule has 15 heavy (non-hydrogen) atoms. The van der Waals surface area contributed by atoms with Crippen LogP contribution in [0.2, 0.25) is 0 Å². The zero-order chi connectivity index (χ0) is 11.9. The van der Waals surface area contributed by atoms with Crippen LogP contribution in [-0.2, 0) is 4.79 Å². The zero-order valence-electron chi connectivity index (χ0n) is 11.0. The highest BCUT2D eigenvalue weighted by Crippen LogP contribution is 2.26. The summed E-state index contributed by atoms with van der Waals surface area (Å²) in [6.45, 7) is 11.1. The molecule has 0 spiro atoms. The van der Waals surface area contributed by atoms with Crippen molar-refractivity contribution in [3.8, 4) is 0 Å². The molecule has 0 unspecified atom stereocenters. The van der Waals surface area contributed by atoms with E-state index in [1.807, 2.05) is 0 Å². The Balaban J connectivity index is 4.12. The van der Waals surface area contributed by atoms with Crippen LogP contribution in [0.3, 0.4) is 0 Å². The van der Waals surface area contributed by atoms with Crippen molar-refractivity contribution in [3.05, 3.63) is 0 Å². The molecule has 2 heteroatoms. The van der Waals surface area contributed by atoms with Gasteiger partial charge in [0.2, 0.25) is 0 Å². The minimum Gasteiger partial charge on any atom is -0.307 e. The molecule has 0 aliphatic heterocycles. The highest BCUT2D eigenvalue weighted by Gasteiger charge is 2.28. The fourth-order valence-corrected chi connectivity index (χ4v) is 1.67. The van der Waals surface area contributed by atoms with Gasteiger partial charge in [-0.15, -0.1) is 0 Å². The van der Waals surface area contributed by atoms with Crippen LogP contribution >= 0.6 is 0 Å². The second-order valence-electron chi connectivity index (χ2n) is 4.59. The molecule has 0 aromatic heterocycles. The Morgan fingerprint density at radius 1 is 1.13 bits per heavy atom. The van der Waals surface area contributed by atoms with Gasteiger partial charge in [0.1, 0.15) is 0 Å². The first-order chi connectivity index (χ1) is 7.03. The van der Waals surface area contributed by atoms with E-state index in [1.165, 1.54) is 0 Å². The minimum atomic E-state index is -0.126. The summed E-state index contributed by atoms with van der Waals surface area (Å²) in [5.41, 5.74) is -0.126. The van der Waals surface area contributed by atoms with Gasteiger partial charge in [-0.2, -0.15) is 0 Å². The predicted octanol–water partition coefficient (Wildman–Crippen LogP) is 3.16. The molecule has 0 aliphatic carbocycles. The van der Waals surface area contributed by atoms with Crippen LogP contribution in [0.25, 0.3) is 0 Å². The van der Waals surface area contributed by atoms with Gasteiger partial charge in [-0.25, -0.2) is 0 Å². The Kier molecular flexibility index (Phi) is 6.82. The number of nitrogens with one attached hydrogen (secondary N) is 1. The molecule has 0 aromatic rings. The summed E-state index contributed by atoms with van der Waals surface area (Å²) in [6.07, 6.45) is 4.07. The van der Waals surface area contributed by atoms with Gasteiger partial charge in [-0.3, -0.25) is 4.79 Å². The van der Waals surface area contributed by atoms with Crippen molar-refractivity contribution in [2.75, 3.05) is 6.54 Å². The number of ketones is 1. The average molecular weight is 213 g/mol. The average Bonchev–Trinajstić information content (AvgIpc) is 2.29. The maximum absolute atomic E-state index is 12.0. The zero-order valence-corrected chi connectivity index (χ0v) is 11.0. The highest BCUT2D eigenvalue weighted by atomic mass is 16.1. The molecule has 1 N–H and O–H groups in total.